The SMILES string of the molecule is O=C(NCc1cc(=O)n2[nH]c(C3(c4ccccc4Cl)CCC3)cc2n1)c1ccncc1. The van der Waals surface area contributed by atoms with Gasteiger partial charge in [0.05, 0.1) is 12.2 Å². The Bertz CT molecular complexity index is 1320. The number of aromatic amines is 1. The number of nitrogens with zero attached hydrogens (tertiary/aromatic N) is 3. The predicted octanol–water partition coefficient (Wildman–Crippen LogP) is 3.47. The number of aromatic nitrogens is 4. The Morgan fingerprint density at radius 1 is 1.16 bits per heavy atom. The number of halogens is 1. The van der Waals surface area contributed by atoms with Crippen molar-refractivity contribution in [1.82, 2.24) is 24.9 Å². The van der Waals surface area contributed by atoms with Crippen LogP contribution < -0.4 is 10.9 Å². The molecule has 1 fully saturated rings. The lowest BCUT2D eigenvalue weighted by Crippen LogP contribution is -2.36. The minimum Gasteiger partial charge on any atom is -0.346 e. The average molecular weight is 434 g/mol. The fraction of sp³-hybridized carbons (Fsp3) is 0.217. The topological polar surface area (TPSA) is 92.2 Å². The number of fused-ring (bicyclic) bond motifs is 1. The van der Waals surface area contributed by atoms with E-state index in [-0.39, 0.29) is 23.4 Å². The Morgan fingerprint density at radius 2 is 1.94 bits per heavy atom. The zero-order chi connectivity index (χ0) is 21.4. The van der Waals surface area contributed by atoms with Crippen LogP contribution in [0.3, 0.4) is 0 Å². The molecule has 5 rings (SSSR count). The van der Waals surface area contributed by atoms with Crippen molar-refractivity contribution in [2.75, 3.05) is 0 Å². The minimum absolute atomic E-state index is 0.156. The molecule has 0 radical (unpaired) electrons. The van der Waals surface area contributed by atoms with Crippen LogP contribution in [0.25, 0.3) is 5.65 Å². The van der Waals surface area contributed by atoms with Crippen LogP contribution in [0, 0.1) is 0 Å². The van der Waals surface area contributed by atoms with Crippen molar-refractivity contribution < 1.29 is 4.79 Å². The van der Waals surface area contributed by atoms with Crippen molar-refractivity contribution in [3.05, 3.63) is 98.8 Å². The molecule has 0 bridgehead atoms. The zero-order valence-corrected chi connectivity index (χ0v) is 17.4. The highest BCUT2D eigenvalue weighted by atomic mass is 35.5. The van der Waals surface area contributed by atoms with Crippen molar-refractivity contribution in [3.8, 4) is 0 Å². The van der Waals surface area contributed by atoms with Gasteiger partial charge in [-0.3, -0.25) is 19.7 Å². The molecule has 156 valence electrons. The van der Waals surface area contributed by atoms with Crippen LogP contribution in [-0.4, -0.2) is 25.5 Å². The number of benzene rings is 1. The lowest BCUT2D eigenvalue weighted by Gasteiger charge is -2.42. The van der Waals surface area contributed by atoms with E-state index >= 15 is 0 Å². The molecule has 1 saturated carbocycles. The van der Waals surface area contributed by atoms with Crippen LogP contribution >= 0.6 is 11.6 Å². The summed E-state index contributed by atoms with van der Waals surface area (Å²) in [4.78, 5) is 33.5. The van der Waals surface area contributed by atoms with Gasteiger partial charge >= 0.3 is 0 Å². The quantitative estimate of drug-likeness (QED) is 0.504. The third kappa shape index (κ3) is 3.41. The summed E-state index contributed by atoms with van der Waals surface area (Å²) in [6, 6.07) is 14.5. The first-order valence-corrected chi connectivity index (χ1v) is 10.5. The highest BCUT2D eigenvalue weighted by molar-refractivity contribution is 6.31. The summed E-state index contributed by atoms with van der Waals surface area (Å²) in [6.07, 6.45) is 6.11. The third-order valence-electron chi connectivity index (χ3n) is 5.99. The van der Waals surface area contributed by atoms with Crippen LogP contribution in [0.5, 0.6) is 0 Å². The second kappa shape index (κ2) is 7.67. The first-order valence-electron chi connectivity index (χ1n) is 10.1. The second-order valence-electron chi connectivity index (χ2n) is 7.78. The molecule has 4 aromatic rings. The van der Waals surface area contributed by atoms with Gasteiger partial charge in [0.2, 0.25) is 0 Å². The molecule has 0 aliphatic heterocycles. The number of carbonyl (C=O) groups is 1. The molecular formula is C23H20ClN5O2. The number of amides is 1. The summed E-state index contributed by atoms with van der Waals surface area (Å²) in [6.45, 7) is 0.156. The number of hydrogen-bond acceptors (Lipinski definition) is 4. The largest absolute Gasteiger partial charge is 0.346 e. The third-order valence-corrected chi connectivity index (χ3v) is 6.32. The van der Waals surface area contributed by atoms with Crippen molar-refractivity contribution in [1.29, 1.82) is 0 Å². The number of rotatable bonds is 5. The fourth-order valence-electron chi connectivity index (χ4n) is 4.22. The van der Waals surface area contributed by atoms with Gasteiger partial charge in [0, 0.05) is 46.2 Å². The van der Waals surface area contributed by atoms with Crippen LogP contribution in [-0.2, 0) is 12.0 Å². The molecule has 2 N–H and O–H groups in total. The summed E-state index contributed by atoms with van der Waals surface area (Å²) in [5, 5.41) is 6.76. The molecular weight excluding hydrogens is 414 g/mol. The Hall–Kier alpha value is -3.45. The first kappa shape index (κ1) is 19.5. The van der Waals surface area contributed by atoms with Gasteiger partial charge in [-0.25, -0.2) is 9.50 Å². The monoisotopic (exact) mass is 433 g/mol. The number of H-pyrrole nitrogens is 1. The molecule has 0 atom stereocenters. The summed E-state index contributed by atoms with van der Waals surface area (Å²) in [7, 11) is 0. The van der Waals surface area contributed by atoms with E-state index in [4.69, 9.17) is 11.6 Å². The van der Waals surface area contributed by atoms with Gasteiger partial charge < -0.3 is 5.32 Å². The molecule has 3 heterocycles. The molecule has 0 unspecified atom stereocenters. The van der Waals surface area contributed by atoms with E-state index in [0.29, 0.717) is 16.9 Å². The van der Waals surface area contributed by atoms with E-state index in [0.717, 1.165) is 35.5 Å². The lowest BCUT2D eigenvalue weighted by molar-refractivity contribution is 0.0950. The van der Waals surface area contributed by atoms with Gasteiger partial charge in [0.25, 0.3) is 11.5 Å². The number of hydrogen-bond donors (Lipinski definition) is 2. The van der Waals surface area contributed by atoms with Gasteiger partial charge in [0.15, 0.2) is 5.65 Å². The number of carbonyl (C=O) groups excluding carboxylic acids is 1. The molecule has 0 spiro atoms. The fourth-order valence-corrected chi connectivity index (χ4v) is 4.53. The van der Waals surface area contributed by atoms with Crippen molar-refractivity contribution in [2.45, 2.75) is 31.2 Å². The van der Waals surface area contributed by atoms with E-state index in [1.807, 2.05) is 30.3 Å². The van der Waals surface area contributed by atoms with E-state index in [1.165, 1.54) is 10.6 Å². The lowest BCUT2D eigenvalue weighted by atomic mass is 9.62. The number of nitrogens with one attached hydrogen (secondary N) is 2. The molecule has 31 heavy (non-hydrogen) atoms. The van der Waals surface area contributed by atoms with Crippen LogP contribution in [0.15, 0.2) is 65.7 Å². The predicted molar refractivity (Wildman–Crippen MR) is 117 cm³/mol. The molecule has 1 aliphatic carbocycles. The maximum atomic E-state index is 12.7. The Labute approximate surface area is 183 Å². The van der Waals surface area contributed by atoms with E-state index < -0.39 is 0 Å². The summed E-state index contributed by atoms with van der Waals surface area (Å²) in [5.74, 6) is -0.244. The molecule has 3 aromatic heterocycles. The van der Waals surface area contributed by atoms with E-state index in [1.54, 1.807) is 24.5 Å². The molecule has 1 aromatic carbocycles. The Kier molecular flexibility index (Phi) is 4.82. The smallest absolute Gasteiger partial charge is 0.272 e. The molecule has 7 nitrogen and oxygen atoms in total. The van der Waals surface area contributed by atoms with Crippen LogP contribution in [0.1, 0.15) is 46.6 Å². The maximum Gasteiger partial charge on any atom is 0.272 e. The maximum absolute atomic E-state index is 12.7. The standard InChI is InChI=1S/C23H20ClN5O2/c24-18-5-2-1-4-17(18)23(8-3-9-23)19-13-20-27-16(12-21(30)29(20)28-19)14-26-22(31)15-6-10-25-11-7-15/h1-2,4-7,10-13,28H,3,8-9,14H2,(H,26,31). The van der Waals surface area contributed by atoms with Gasteiger partial charge in [0.1, 0.15) is 0 Å². The van der Waals surface area contributed by atoms with Crippen molar-refractivity contribution >= 4 is 23.2 Å². The van der Waals surface area contributed by atoms with Gasteiger partial charge in [-0.2, -0.15) is 0 Å². The van der Waals surface area contributed by atoms with Crippen molar-refractivity contribution in [2.24, 2.45) is 0 Å². The van der Waals surface area contributed by atoms with Gasteiger partial charge in [-0.15, -0.1) is 0 Å². The van der Waals surface area contributed by atoms with Crippen LogP contribution in [0.4, 0.5) is 0 Å². The minimum atomic E-state index is -0.244. The van der Waals surface area contributed by atoms with E-state index in [9.17, 15) is 9.59 Å². The molecule has 8 heteroatoms. The first-order chi connectivity index (χ1) is 15.1. The number of pyridine rings is 1. The Balaban J connectivity index is 1.46. The highest BCUT2D eigenvalue weighted by Crippen LogP contribution is 2.50. The Morgan fingerprint density at radius 3 is 2.65 bits per heavy atom. The molecule has 1 aliphatic rings. The van der Waals surface area contributed by atoms with Gasteiger partial charge in [-0.1, -0.05) is 36.2 Å². The van der Waals surface area contributed by atoms with Crippen LogP contribution in [0.2, 0.25) is 5.02 Å². The highest BCUT2D eigenvalue weighted by Gasteiger charge is 2.43. The van der Waals surface area contributed by atoms with Crippen molar-refractivity contribution in [3.63, 3.8) is 0 Å². The second-order valence-corrected chi connectivity index (χ2v) is 8.19. The average Bonchev–Trinajstić information content (AvgIpc) is 3.18. The summed E-state index contributed by atoms with van der Waals surface area (Å²) < 4.78 is 1.44. The molecule has 1 amide bonds. The zero-order valence-electron chi connectivity index (χ0n) is 16.6. The molecule has 0 saturated heterocycles. The van der Waals surface area contributed by atoms with Gasteiger partial charge in [-0.05, 0) is 36.6 Å². The summed E-state index contributed by atoms with van der Waals surface area (Å²) >= 11 is 6.51. The van der Waals surface area contributed by atoms with E-state index in [2.05, 4.69) is 20.4 Å². The summed E-state index contributed by atoms with van der Waals surface area (Å²) in [5.41, 5.74) is 3.05. The normalized spacial score (nSPS) is 14.9.